The van der Waals surface area contributed by atoms with Gasteiger partial charge >= 0.3 is 6.09 Å². The first-order chi connectivity index (χ1) is 10.3. The molecule has 0 unspecified atom stereocenters. The van der Waals surface area contributed by atoms with Gasteiger partial charge in [-0.1, -0.05) is 45.0 Å². The molecule has 0 fully saturated rings. The number of rotatable bonds is 5. The van der Waals surface area contributed by atoms with Crippen molar-refractivity contribution in [3.05, 3.63) is 35.4 Å². The SMILES string of the molecule is CC(C)(C)CN(CCc1ccc(C2=NCCN2)cc1)C(=O)O. The van der Waals surface area contributed by atoms with Gasteiger partial charge in [-0.25, -0.2) is 4.79 Å². The minimum Gasteiger partial charge on any atom is -0.465 e. The largest absolute Gasteiger partial charge is 0.465 e. The van der Waals surface area contributed by atoms with E-state index in [-0.39, 0.29) is 5.41 Å². The summed E-state index contributed by atoms with van der Waals surface area (Å²) in [4.78, 5) is 17.2. The molecule has 22 heavy (non-hydrogen) atoms. The van der Waals surface area contributed by atoms with Gasteiger partial charge in [0.2, 0.25) is 0 Å². The second-order valence-electron chi connectivity index (χ2n) is 6.87. The minimum absolute atomic E-state index is 0.0332. The van der Waals surface area contributed by atoms with Gasteiger partial charge < -0.3 is 15.3 Å². The van der Waals surface area contributed by atoms with E-state index in [9.17, 15) is 9.90 Å². The summed E-state index contributed by atoms with van der Waals surface area (Å²) < 4.78 is 0. The van der Waals surface area contributed by atoms with Crippen LogP contribution < -0.4 is 5.32 Å². The number of amidine groups is 1. The third-order valence-electron chi connectivity index (χ3n) is 3.51. The Morgan fingerprint density at radius 3 is 2.50 bits per heavy atom. The Hall–Kier alpha value is -2.04. The van der Waals surface area contributed by atoms with Gasteiger partial charge in [0.15, 0.2) is 0 Å². The Morgan fingerprint density at radius 2 is 2.00 bits per heavy atom. The fourth-order valence-corrected chi connectivity index (χ4v) is 2.50. The maximum atomic E-state index is 11.3. The van der Waals surface area contributed by atoms with Crippen molar-refractivity contribution in [1.82, 2.24) is 10.2 Å². The minimum atomic E-state index is -0.851. The van der Waals surface area contributed by atoms with E-state index < -0.39 is 6.09 Å². The van der Waals surface area contributed by atoms with Gasteiger partial charge in [0.25, 0.3) is 0 Å². The van der Waals surface area contributed by atoms with Crippen LogP contribution in [0.25, 0.3) is 0 Å². The van der Waals surface area contributed by atoms with E-state index in [4.69, 9.17) is 0 Å². The highest BCUT2D eigenvalue weighted by atomic mass is 16.4. The number of nitrogens with one attached hydrogen (secondary N) is 1. The van der Waals surface area contributed by atoms with Crippen molar-refractivity contribution in [3.8, 4) is 0 Å². The first-order valence-electron chi connectivity index (χ1n) is 7.71. The van der Waals surface area contributed by atoms with Crippen molar-refractivity contribution in [3.63, 3.8) is 0 Å². The molecule has 2 rings (SSSR count). The number of carboxylic acid groups (broad SMARTS) is 1. The Morgan fingerprint density at radius 1 is 1.32 bits per heavy atom. The fraction of sp³-hybridized carbons (Fsp3) is 0.529. The first kappa shape index (κ1) is 16.3. The van der Waals surface area contributed by atoms with Crippen LogP contribution in [0.2, 0.25) is 0 Å². The molecule has 0 radical (unpaired) electrons. The molecule has 0 saturated carbocycles. The topological polar surface area (TPSA) is 64.9 Å². The zero-order chi connectivity index (χ0) is 16.2. The average Bonchev–Trinajstić information content (AvgIpc) is 2.96. The zero-order valence-electron chi connectivity index (χ0n) is 13.6. The van der Waals surface area contributed by atoms with E-state index in [0.717, 1.165) is 36.5 Å². The average molecular weight is 303 g/mol. The predicted octanol–water partition coefficient (Wildman–Crippen LogP) is 2.61. The van der Waals surface area contributed by atoms with E-state index in [2.05, 4.69) is 22.4 Å². The van der Waals surface area contributed by atoms with Crippen LogP contribution in [0, 0.1) is 5.41 Å². The van der Waals surface area contributed by atoms with Crippen LogP contribution in [0.15, 0.2) is 29.3 Å². The molecule has 1 aliphatic heterocycles. The number of nitrogens with zero attached hydrogens (tertiary/aromatic N) is 2. The standard InChI is InChI=1S/C17H25N3O2/c1-17(2,3)12-20(16(21)22)11-8-13-4-6-14(7-5-13)15-18-9-10-19-15/h4-7H,8-12H2,1-3H3,(H,18,19)(H,21,22). The van der Waals surface area contributed by atoms with Gasteiger partial charge in [-0.15, -0.1) is 0 Å². The number of amides is 1. The molecule has 0 aliphatic carbocycles. The van der Waals surface area contributed by atoms with E-state index in [1.165, 1.54) is 4.90 Å². The highest BCUT2D eigenvalue weighted by Crippen LogP contribution is 2.16. The second-order valence-corrected chi connectivity index (χ2v) is 6.87. The first-order valence-corrected chi connectivity index (χ1v) is 7.71. The maximum Gasteiger partial charge on any atom is 0.407 e. The van der Waals surface area contributed by atoms with Crippen LogP contribution in [0.5, 0.6) is 0 Å². The lowest BCUT2D eigenvalue weighted by Gasteiger charge is -2.27. The van der Waals surface area contributed by atoms with Crippen molar-refractivity contribution in [2.24, 2.45) is 10.4 Å². The van der Waals surface area contributed by atoms with E-state index in [0.29, 0.717) is 13.1 Å². The molecule has 1 aliphatic rings. The summed E-state index contributed by atoms with van der Waals surface area (Å²) in [6, 6.07) is 8.19. The number of hydrogen-bond acceptors (Lipinski definition) is 3. The second kappa shape index (κ2) is 6.81. The van der Waals surface area contributed by atoms with E-state index in [1.54, 1.807) is 0 Å². The predicted molar refractivity (Wildman–Crippen MR) is 88.6 cm³/mol. The molecule has 0 atom stereocenters. The molecule has 0 spiro atoms. The van der Waals surface area contributed by atoms with Crippen LogP contribution in [0.1, 0.15) is 31.9 Å². The summed E-state index contributed by atoms with van der Waals surface area (Å²) in [5, 5.41) is 12.6. The number of benzene rings is 1. The molecule has 1 aromatic rings. The van der Waals surface area contributed by atoms with Gasteiger partial charge in [-0.3, -0.25) is 4.99 Å². The Balaban J connectivity index is 1.93. The summed E-state index contributed by atoms with van der Waals surface area (Å²) in [5.41, 5.74) is 2.20. The molecule has 2 N–H and O–H groups in total. The Bertz CT molecular complexity index is 544. The Kier molecular flexibility index (Phi) is 5.06. The van der Waals surface area contributed by atoms with Crippen molar-refractivity contribution in [2.75, 3.05) is 26.2 Å². The highest BCUT2D eigenvalue weighted by Gasteiger charge is 2.20. The lowest BCUT2D eigenvalue weighted by Crippen LogP contribution is -2.38. The van der Waals surface area contributed by atoms with Crippen LogP contribution in [0.4, 0.5) is 4.79 Å². The van der Waals surface area contributed by atoms with Gasteiger partial charge in [0.05, 0.1) is 6.54 Å². The zero-order valence-corrected chi connectivity index (χ0v) is 13.6. The molecule has 1 amide bonds. The van der Waals surface area contributed by atoms with Crippen molar-refractivity contribution in [2.45, 2.75) is 27.2 Å². The van der Waals surface area contributed by atoms with Gasteiger partial charge in [0, 0.05) is 25.2 Å². The van der Waals surface area contributed by atoms with Crippen molar-refractivity contribution in [1.29, 1.82) is 0 Å². The molecule has 0 aromatic heterocycles. The normalized spacial score (nSPS) is 14.4. The van der Waals surface area contributed by atoms with Crippen molar-refractivity contribution >= 4 is 11.9 Å². The maximum absolute atomic E-state index is 11.3. The van der Waals surface area contributed by atoms with Gasteiger partial charge in [-0.2, -0.15) is 0 Å². The number of carbonyl (C=O) groups is 1. The molecule has 1 aromatic carbocycles. The summed E-state index contributed by atoms with van der Waals surface area (Å²) in [5.74, 6) is 0.950. The monoisotopic (exact) mass is 303 g/mol. The molecule has 0 saturated heterocycles. The van der Waals surface area contributed by atoms with Crippen LogP contribution in [0.3, 0.4) is 0 Å². The van der Waals surface area contributed by atoms with Crippen molar-refractivity contribution < 1.29 is 9.90 Å². The smallest absolute Gasteiger partial charge is 0.407 e. The van der Waals surface area contributed by atoms with Crippen LogP contribution >= 0.6 is 0 Å². The van der Waals surface area contributed by atoms with Crippen LogP contribution in [-0.4, -0.2) is 48.1 Å². The molecule has 120 valence electrons. The van der Waals surface area contributed by atoms with E-state index >= 15 is 0 Å². The summed E-state index contributed by atoms with van der Waals surface area (Å²) >= 11 is 0. The fourth-order valence-electron chi connectivity index (χ4n) is 2.50. The highest BCUT2D eigenvalue weighted by molar-refractivity contribution is 5.99. The molecule has 0 bridgehead atoms. The number of hydrogen-bond donors (Lipinski definition) is 2. The summed E-state index contributed by atoms with van der Waals surface area (Å²) in [6.45, 7) is 8.94. The third-order valence-corrected chi connectivity index (χ3v) is 3.51. The van der Waals surface area contributed by atoms with E-state index in [1.807, 2.05) is 32.9 Å². The van der Waals surface area contributed by atoms with Gasteiger partial charge in [-0.05, 0) is 17.4 Å². The summed E-state index contributed by atoms with van der Waals surface area (Å²) in [7, 11) is 0. The quantitative estimate of drug-likeness (QED) is 0.879. The summed E-state index contributed by atoms with van der Waals surface area (Å²) in [6.07, 6.45) is -0.126. The van der Waals surface area contributed by atoms with Crippen LogP contribution in [-0.2, 0) is 6.42 Å². The molecule has 1 heterocycles. The third kappa shape index (κ3) is 4.76. The molecular formula is C17H25N3O2. The molecule has 5 heteroatoms. The number of aliphatic imine (C=N–C) groups is 1. The lowest BCUT2D eigenvalue weighted by atomic mass is 9.96. The Labute approximate surface area is 132 Å². The lowest BCUT2D eigenvalue weighted by molar-refractivity contribution is 0.127. The molecular weight excluding hydrogens is 278 g/mol. The molecule has 5 nitrogen and oxygen atoms in total. The van der Waals surface area contributed by atoms with Gasteiger partial charge in [0.1, 0.15) is 5.84 Å².